The smallest absolute Gasteiger partial charge is 0.230 e. The summed E-state index contributed by atoms with van der Waals surface area (Å²) in [5.41, 5.74) is 13.3. The van der Waals surface area contributed by atoms with Gasteiger partial charge in [-0.2, -0.15) is 0 Å². The molecule has 212 valence electrons. The normalized spacial score (nSPS) is 18.6. The number of fused-ring (bicyclic) bond motifs is 2. The van der Waals surface area contributed by atoms with Crippen LogP contribution in [0.2, 0.25) is 0 Å². The average Bonchev–Trinajstić information content (AvgIpc) is 3.03. The van der Waals surface area contributed by atoms with E-state index in [-0.39, 0.29) is 0 Å². The minimum atomic E-state index is 0.636. The maximum Gasteiger partial charge on any atom is 0.230 e. The van der Waals surface area contributed by atoms with Crippen LogP contribution in [0.3, 0.4) is 0 Å². The van der Waals surface area contributed by atoms with Crippen LogP contribution < -0.4 is 4.90 Å². The zero-order chi connectivity index (χ0) is 30.7. The molecule has 1 aliphatic rings. The number of hydrogen-bond acceptors (Lipinski definition) is 3. The lowest BCUT2D eigenvalue weighted by Gasteiger charge is -2.24. The molecule has 0 unspecified atom stereocenters. The fourth-order valence-corrected chi connectivity index (χ4v) is 5.92. The van der Waals surface area contributed by atoms with E-state index in [4.69, 9.17) is 9.97 Å². The van der Waals surface area contributed by atoms with Crippen molar-refractivity contribution < 1.29 is 0 Å². The largest absolute Gasteiger partial charge is 0.313 e. The first-order valence-electron chi connectivity index (χ1n) is 14.4. The van der Waals surface area contributed by atoms with Gasteiger partial charge in [0.05, 0.1) is 11.2 Å². The second-order valence-electron chi connectivity index (χ2n) is 10.5. The molecule has 3 nitrogen and oxygen atoms in total. The first-order valence-corrected chi connectivity index (χ1v) is 14.4. The lowest BCUT2D eigenvalue weighted by Crippen LogP contribution is -2.15. The van der Waals surface area contributed by atoms with E-state index < -0.39 is 0 Å². The van der Waals surface area contributed by atoms with E-state index in [0.717, 1.165) is 78.0 Å². The highest BCUT2D eigenvalue weighted by Crippen LogP contribution is 2.42. The Morgan fingerprint density at radius 1 is 0.674 bits per heavy atom. The van der Waals surface area contributed by atoms with Gasteiger partial charge in [0.25, 0.3) is 0 Å². The molecule has 0 bridgehead atoms. The van der Waals surface area contributed by atoms with E-state index in [0.29, 0.717) is 5.95 Å². The van der Waals surface area contributed by atoms with Crippen molar-refractivity contribution in [2.24, 2.45) is 0 Å². The maximum atomic E-state index is 5.18. The molecule has 1 aromatic heterocycles. The molecule has 0 amide bonds. The summed E-state index contributed by atoms with van der Waals surface area (Å²) in [4.78, 5) is 12.2. The third kappa shape index (κ3) is 5.15. The predicted octanol–water partition coefficient (Wildman–Crippen LogP) is 10.5. The van der Waals surface area contributed by atoms with Crippen LogP contribution in [0.1, 0.15) is 30.5 Å². The Kier molecular flexibility index (Phi) is 8.36. The summed E-state index contributed by atoms with van der Waals surface area (Å²) in [5.74, 6) is 0.636. The molecule has 3 heteroatoms. The van der Waals surface area contributed by atoms with Crippen molar-refractivity contribution in [1.29, 1.82) is 0 Å². The lowest BCUT2D eigenvalue weighted by atomic mass is 9.80. The molecule has 43 heavy (non-hydrogen) atoms. The van der Waals surface area contributed by atoms with Gasteiger partial charge in [-0.15, -0.1) is 0 Å². The number of benzene rings is 3. The Hall–Kier alpha value is -5.28. The number of aryl methyl sites for hydroxylation is 1. The van der Waals surface area contributed by atoms with Crippen LogP contribution in [-0.4, -0.2) is 17.0 Å². The van der Waals surface area contributed by atoms with Crippen LogP contribution in [-0.2, 0) is 0 Å². The predicted molar refractivity (Wildman–Crippen MR) is 186 cm³/mol. The molecule has 0 saturated carbocycles. The molecule has 0 atom stereocenters. The molecule has 0 aliphatic heterocycles. The Labute approximate surface area is 255 Å². The van der Waals surface area contributed by atoms with Gasteiger partial charge in [0.15, 0.2) is 0 Å². The summed E-state index contributed by atoms with van der Waals surface area (Å²) < 4.78 is 0. The molecule has 0 spiro atoms. The molecule has 0 fully saturated rings. The van der Waals surface area contributed by atoms with E-state index in [1.807, 2.05) is 68.6 Å². The summed E-state index contributed by atoms with van der Waals surface area (Å²) in [6, 6.07) is 22.9. The van der Waals surface area contributed by atoms with Gasteiger partial charge in [-0.05, 0) is 89.1 Å². The van der Waals surface area contributed by atoms with Gasteiger partial charge in [0.1, 0.15) is 0 Å². The van der Waals surface area contributed by atoms with E-state index >= 15 is 0 Å². The third-order valence-corrected chi connectivity index (χ3v) is 8.07. The van der Waals surface area contributed by atoms with E-state index in [1.165, 1.54) is 0 Å². The molecular weight excluding hydrogens is 522 g/mol. The molecule has 3 aromatic carbocycles. The number of para-hydroxylation sites is 2. The number of anilines is 2. The second kappa shape index (κ2) is 12.3. The van der Waals surface area contributed by atoms with Crippen molar-refractivity contribution in [3.8, 4) is 11.3 Å². The lowest BCUT2D eigenvalue weighted by molar-refractivity contribution is 1.06. The van der Waals surface area contributed by atoms with E-state index in [1.54, 1.807) is 0 Å². The molecular formula is C40H37N3. The van der Waals surface area contributed by atoms with Gasteiger partial charge in [0.2, 0.25) is 5.95 Å². The van der Waals surface area contributed by atoms with Crippen molar-refractivity contribution in [2.75, 3.05) is 11.9 Å². The summed E-state index contributed by atoms with van der Waals surface area (Å²) in [6.45, 7) is 23.1. The fraction of sp³-hybridized carbons (Fsp3) is 0.100. The van der Waals surface area contributed by atoms with Crippen molar-refractivity contribution in [1.82, 2.24) is 9.97 Å². The third-order valence-electron chi connectivity index (χ3n) is 8.07. The Morgan fingerprint density at radius 2 is 1.33 bits per heavy atom. The topological polar surface area (TPSA) is 29.0 Å². The van der Waals surface area contributed by atoms with E-state index in [9.17, 15) is 0 Å². The summed E-state index contributed by atoms with van der Waals surface area (Å²) >= 11 is 0. The van der Waals surface area contributed by atoms with Crippen molar-refractivity contribution in [3.63, 3.8) is 0 Å². The molecule has 1 heterocycles. The van der Waals surface area contributed by atoms with Gasteiger partial charge < -0.3 is 4.90 Å². The summed E-state index contributed by atoms with van der Waals surface area (Å²) in [7, 11) is 2.01. The monoisotopic (exact) mass is 559 g/mol. The van der Waals surface area contributed by atoms with Crippen molar-refractivity contribution in [2.45, 2.75) is 20.8 Å². The minimum absolute atomic E-state index is 0.636. The van der Waals surface area contributed by atoms with Gasteiger partial charge in [0, 0.05) is 23.7 Å². The van der Waals surface area contributed by atoms with Crippen molar-refractivity contribution >= 4 is 33.7 Å². The van der Waals surface area contributed by atoms with E-state index in [2.05, 4.69) is 93.6 Å². The van der Waals surface area contributed by atoms with Crippen LogP contribution in [0.4, 0.5) is 11.6 Å². The first-order chi connectivity index (χ1) is 20.9. The molecule has 0 saturated heterocycles. The zero-order valence-corrected chi connectivity index (χ0v) is 25.5. The zero-order valence-electron chi connectivity index (χ0n) is 25.5. The highest BCUT2D eigenvalue weighted by molar-refractivity contribution is 5.98. The quantitative estimate of drug-likeness (QED) is 0.215. The molecule has 1 aliphatic carbocycles. The average molecular weight is 560 g/mol. The standard InChI is InChI=1S/C40H37N3/c1-9-18-33-27(7)29(10-2)30(11-3)36-25-28(23-24-34(36)32(13-5)31(33)12-4)39-35-20-15-16-21-37(35)41-40(42-39)43(8)38-22-17-14-19-26(38)6/h9-25H,2-5H2,1,6-8H3/b18-9-,29-27?,30-29-,32-31+,33-27-,33-31?,34-32?,36-30?. The van der Waals surface area contributed by atoms with Gasteiger partial charge in [-0.3, -0.25) is 0 Å². The van der Waals surface area contributed by atoms with Crippen LogP contribution in [0, 0.1) is 6.92 Å². The van der Waals surface area contributed by atoms with Crippen LogP contribution in [0.25, 0.3) is 33.3 Å². The molecule has 0 N–H and O–H groups in total. The van der Waals surface area contributed by atoms with Crippen LogP contribution >= 0.6 is 0 Å². The summed E-state index contributed by atoms with van der Waals surface area (Å²) in [5, 5.41) is 0.987. The van der Waals surface area contributed by atoms with Gasteiger partial charge in [-0.1, -0.05) is 111 Å². The highest BCUT2D eigenvalue weighted by atomic mass is 15.2. The van der Waals surface area contributed by atoms with Gasteiger partial charge >= 0.3 is 0 Å². The number of nitrogens with zero attached hydrogens (tertiary/aromatic N) is 3. The van der Waals surface area contributed by atoms with Gasteiger partial charge in [-0.25, -0.2) is 9.97 Å². The highest BCUT2D eigenvalue weighted by Gasteiger charge is 2.22. The Bertz CT molecular complexity index is 1930. The van der Waals surface area contributed by atoms with Crippen LogP contribution in [0.15, 0.2) is 152 Å². The summed E-state index contributed by atoms with van der Waals surface area (Å²) in [6.07, 6.45) is 11.8. The minimum Gasteiger partial charge on any atom is -0.313 e. The number of allylic oxidation sites excluding steroid dienone is 12. The number of hydrogen-bond donors (Lipinski definition) is 0. The molecule has 4 aromatic rings. The SMILES string of the molecule is C=CC1=C(\C=C)c2cc(-c3nc(N(C)c4ccccc4C)nc4ccccc34)ccc2/C(C=C)=C(C=C)/C(/C=C\C)=C\1C. The first kappa shape index (κ1) is 29.2. The maximum absolute atomic E-state index is 5.18. The molecule has 0 radical (unpaired) electrons. The fourth-order valence-electron chi connectivity index (χ4n) is 5.92. The number of rotatable bonds is 8. The van der Waals surface area contributed by atoms with Crippen LogP contribution in [0.5, 0.6) is 0 Å². The number of aromatic nitrogens is 2. The Balaban J connectivity index is 1.84. The second-order valence-corrected chi connectivity index (χ2v) is 10.5. The molecule has 5 rings (SSSR count). The van der Waals surface area contributed by atoms with Crippen molar-refractivity contribution in [3.05, 3.63) is 168 Å². The Morgan fingerprint density at radius 3 is 2.00 bits per heavy atom.